The van der Waals surface area contributed by atoms with Crippen LogP contribution in [0.15, 0.2) is 48.7 Å². The van der Waals surface area contributed by atoms with E-state index >= 15 is 0 Å². The quantitative estimate of drug-likeness (QED) is 0.608. The molecule has 1 aliphatic heterocycles. The summed E-state index contributed by atoms with van der Waals surface area (Å²) in [5, 5.41) is 6.24. The van der Waals surface area contributed by atoms with Crippen LogP contribution in [0.25, 0.3) is 10.9 Å². The van der Waals surface area contributed by atoms with E-state index in [0.717, 1.165) is 43.4 Å². The first-order chi connectivity index (χ1) is 15.5. The number of ether oxygens (including phenoxy) is 1. The van der Waals surface area contributed by atoms with Crippen LogP contribution in [0.5, 0.6) is 5.75 Å². The summed E-state index contributed by atoms with van der Waals surface area (Å²) in [6.45, 7) is 1.96. The Morgan fingerprint density at radius 2 is 1.81 bits per heavy atom. The molecule has 0 bridgehead atoms. The van der Waals surface area contributed by atoms with Gasteiger partial charge in [0.2, 0.25) is 5.91 Å². The molecule has 2 N–H and O–H groups in total. The van der Waals surface area contributed by atoms with E-state index in [1.807, 2.05) is 15.7 Å². The second-order valence-corrected chi connectivity index (χ2v) is 7.92. The molecule has 0 atom stereocenters. The van der Waals surface area contributed by atoms with Crippen molar-refractivity contribution in [2.45, 2.75) is 32.4 Å². The summed E-state index contributed by atoms with van der Waals surface area (Å²) in [7, 11) is 1.58. The molecule has 0 aliphatic carbocycles. The minimum Gasteiger partial charge on any atom is -0.497 e. The molecule has 1 saturated heterocycles. The number of rotatable bonds is 6. The van der Waals surface area contributed by atoms with Gasteiger partial charge in [0.1, 0.15) is 18.1 Å². The van der Waals surface area contributed by atoms with Gasteiger partial charge in [-0.25, -0.2) is 9.18 Å². The number of hydrogen-bond acceptors (Lipinski definition) is 3. The van der Waals surface area contributed by atoms with Crippen molar-refractivity contribution in [1.82, 2.24) is 14.8 Å². The van der Waals surface area contributed by atoms with Crippen LogP contribution in [0.3, 0.4) is 0 Å². The lowest BCUT2D eigenvalue weighted by Gasteiger charge is -2.27. The Hall–Kier alpha value is -3.55. The molecule has 0 saturated carbocycles. The zero-order valence-electron chi connectivity index (χ0n) is 18.1. The van der Waals surface area contributed by atoms with Crippen molar-refractivity contribution >= 4 is 28.5 Å². The van der Waals surface area contributed by atoms with Gasteiger partial charge in [0, 0.05) is 42.4 Å². The Bertz CT molecular complexity index is 1100. The smallest absolute Gasteiger partial charge is 0.319 e. The molecule has 0 radical (unpaired) electrons. The molecular weight excluding hydrogens is 411 g/mol. The van der Waals surface area contributed by atoms with Crippen LogP contribution in [0.4, 0.5) is 14.9 Å². The molecule has 3 aromatic rings. The molecule has 0 unspecified atom stereocenters. The molecule has 1 aliphatic rings. The van der Waals surface area contributed by atoms with E-state index in [2.05, 4.69) is 10.6 Å². The summed E-state index contributed by atoms with van der Waals surface area (Å²) in [6, 6.07) is 11.1. The summed E-state index contributed by atoms with van der Waals surface area (Å²) >= 11 is 0. The maximum atomic E-state index is 13.9. The molecule has 0 spiro atoms. The number of hydrogen-bond donors (Lipinski definition) is 2. The number of fused-ring (bicyclic) bond motifs is 1. The molecule has 7 nitrogen and oxygen atoms in total. The van der Waals surface area contributed by atoms with E-state index in [0.29, 0.717) is 16.8 Å². The average Bonchev–Trinajstić information content (AvgIpc) is 3.15. The predicted molar refractivity (Wildman–Crippen MR) is 121 cm³/mol. The number of carbonyl (C=O) groups excluding carboxylic acids is 2. The molecule has 32 heavy (non-hydrogen) atoms. The van der Waals surface area contributed by atoms with E-state index in [-0.39, 0.29) is 30.8 Å². The maximum absolute atomic E-state index is 13.9. The number of benzene rings is 2. The largest absolute Gasteiger partial charge is 0.497 e. The molecular formula is C24H27FN4O3. The summed E-state index contributed by atoms with van der Waals surface area (Å²) < 4.78 is 20.9. The Morgan fingerprint density at radius 3 is 2.53 bits per heavy atom. The number of methoxy groups -OCH3 is 1. The molecule has 2 heterocycles. The third-order valence-corrected chi connectivity index (χ3v) is 5.73. The van der Waals surface area contributed by atoms with E-state index in [1.54, 1.807) is 37.4 Å². The first-order valence-electron chi connectivity index (χ1n) is 10.8. The fraction of sp³-hybridized carbons (Fsp3) is 0.333. The van der Waals surface area contributed by atoms with Crippen molar-refractivity contribution in [3.63, 3.8) is 0 Å². The second-order valence-electron chi connectivity index (χ2n) is 7.92. The van der Waals surface area contributed by atoms with Crippen LogP contribution in [-0.2, 0) is 17.9 Å². The van der Waals surface area contributed by atoms with Crippen LogP contribution in [-0.4, -0.2) is 41.6 Å². The number of piperidine rings is 1. The van der Waals surface area contributed by atoms with Crippen LogP contribution < -0.4 is 15.4 Å². The van der Waals surface area contributed by atoms with Crippen LogP contribution >= 0.6 is 0 Å². The summed E-state index contributed by atoms with van der Waals surface area (Å²) in [5.41, 5.74) is 2.14. The van der Waals surface area contributed by atoms with Crippen LogP contribution in [0.1, 0.15) is 24.8 Å². The van der Waals surface area contributed by atoms with Crippen molar-refractivity contribution in [2.24, 2.45) is 0 Å². The highest BCUT2D eigenvalue weighted by Gasteiger charge is 2.19. The van der Waals surface area contributed by atoms with E-state index < -0.39 is 0 Å². The van der Waals surface area contributed by atoms with Gasteiger partial charge < -0.3 is 24.8 Å². The standard InChI is InChI=1S/C24H27FN4O3/c1-32-20-8-6-19(7-9-20)27-24(31)26-14-17-15-29(22-10-5-18(25)13-21(17)22)16-23(30)28-11-3-2-4-12-28/h5-10,13,15H,2-4,11-12,14,16H2,1H3,(H2,26,27,31). The Labute approximate surface area is 186 Å². The van der Waals surface area contributed by atoms with Gasteiger partial charge in [-0.1, -0.05) is 0 Å². The van der Waals surface area contributed by atoms with Gasteiger partial charge in [-0.15, -0.1) is 0 Å². The molecule has 3 amide bonds. The monoisotopic (exact) mass is 438 g/mol. The third-order valence-electron chi connectivity index (χ3n) is 5.73. The van der Waals surface area contributed by atoms with Gasteiger partial charge in [0.25, 0.3) is 0 Å². The van der Waals surface area contributed by atoms with Gasteiger partial charge in [0.05, 0.1) is 7.11 Å². The lowest BCUT2D eigenvalue weighted by Crippen LogP contribution is -2.37. The van der Waals surface area contributed by atoms with Crippen molar-refractivity contribution in [3.8, 4) is 5.75 Å². The minimum atomic E-state index is -0.378. The van der Waals surface area contributed by atoms with E-state index in [1.165, 1.54) is 12.1 Å². The molecule has 1 fully saturated rings. The summed E-state index contributed by atoms with van der Waals surface area (Å²) in [5.74, 6) is 0.397. The van der Waals surface area contributed by atoms with Crippen LogP contribution in [0.2, 0.25) is 0 Å². The third kappa shape index (κ3) is 5.01. The number of urea groups is 1. The van der Waals surface area contributed by atoms with Gasteiger partial charge in [-0.05, 0) is 67.3 Å². The van der Waals surface area contributed by atoms with Gasteiger partial charge in [-0.3, -0.25) is 4.79 Å². The number of likely N-dealkylation sites (tertiary alicyclic amines) is 1. The normalized spacial score (nSPS) is 13.8. The molecule has 2 aromatic carbocycles. The van der Waals surface area contributed by atoms with Crippen molar-refractivity contribution < 1.29 is 18.7 Å². The number of nitrogens with zero attached hydrogens (tertiary/aromatic N) is 2. The van der Waals surface area contributed by atoms with Gasteiger partial charge >= 0.3 is 6.03 Å². The van der Waals surface area contributed by atoms with Crippen LogP contribution in [0, 0.1) is 5.82 Å². The lowest BCUT2D eigenvalue weighted by molar-refractivity contribution is -0.132. The Kier molecular flexibility index (Phi) is 6.58. The predicted octanol–water partition coefficient (Wildman–Crippen LogP) is 4.12. The average molecular weight is 439 g/mol. The van der Waals surface area contributed by atoms with E-state index in [4.69, 9.17) is 4.74 Å². The zero-order chi connectivity index (χ0) is 22.5. The molecule has 1 aromatic heterocycles. The van der Waals surface area contributed by atoms with Gasteiger partial charge in [-0.2, -0.15) is 0 Å². The fourth-order valence-electron chi connectivity index (χ4n) is 4.03. The number of nitrogens with one attached hydrogen (secondary N) is 2. The second kappa shape index (κ2) is 9.72. The van der Waals surface area contributed by atoms with E-state index in [9.17, 15) is 14.0 Å². The van der Waals surface area contributed by atoms with Crippen molar-refractivity contribution in [1.29, 1.82) is 0 Å². The lowest BCUT2D eigenvalue weighted by atomic mass is 10.1. The number of carbonyl (C=O) groups is 2. The maximum Gasteiger partial charge on any atom is 0.319 e. The number of halogens is 1. The highest BCUT2D eigenvalue weighted by molar-refractivity contribution is 5.90. The van der Waals surface area contributed by atoms with Gasteiger partial charge in [0.15, 0.2) is 0 Å². The number of anilines is 1. The number of aromatic nitrogens is 1. The zero-order valence-corrected chi connectivity index (χ0v) is 18.1. The number of amides is 3. The first-order valence-corrected chi connectivity index (χ1v) is 10.8. The SMILES string of the molecule is COc1ccc(NC(=O)NCc2cn(CC(=O)N3CCCCC3)c3ccc(F)cc23)cc1. The fourth-order valence-corrected chi connectivity index (χ4v) is 4.03. The highest BCUT2D eigenvalue weighted by Crippen LogP contribution is 2.23. The molecule has 168 valence electrons. The van der Waals surface area contributed by atoms with Crippen molar-refractivity contribution in [2.75, 3.05) is 25.5 Å². The Morgan fingerprint density at radius 1 is 1.06 bits per heavy atom. The molecule has 8 heteroatoms. The van der Waals surface area contributed by atoms with Crippen molar-refractivity contribution in [3.05, 3.63) is 60.0 Å². The topological polar surface area (TPSA) is 75.6 Å². The minimum absolute atomic E-state index is 0.0580. The molecule has 4 rings (SSSR count). The highest BCUT2D eigenvalue weighted by atomic mass is 19.1. The summed E-state index contributed by atoms with van der Waals surface area (Å²) in [4.78, 5) is 27.0. The first kappa shape index (κ1) is 21.7. The Balaban J connectivity index is 1.46. The summed E-state index contributed by atoms with van der Waals surface area (Å²) in [6.07, 6.45) is 5.03.